The zero-order valence-corrected chi connectivity index (χ0v) is 14.1. The summed E-state index contributed by atoms with van der Waals surface area (Å²) in [5, 5.41) is 21.3. The number of benzene rings is 1. The van der Waals surface area contributed by atoms with Gasteiger partial charge in [-0.15, -0.1) is 0 Å². The van der Waals surface area contributed by atoms with Crippen LogP contribution in [0.1, 0.15) is 18.9 Å². The number of fused-ring (bicyclic) bond motifs is 1. The lowest BCUT2D eigenvalue weighted by molar-refractivity contribution is 0.477. The fraction of sp³-hybridized carbons (Fsp3) is 0.333. The Hall–Kier alpha value is -2.60. The predicted molar refractivity (Wildman–Crippen MR) is 96.5 cm³/mol. The van der Waals surface area contributed by atoms with Crippen LogP contribution in [-0.2, 0) is 0 Å². The standard InChI is InChI=1S/C18H23N5O/c1-3-19-9-6-10-20-17-11-15(14-7-4-5-8-16(14)24)22-18-13(2)12-21-23(17)18/h4-5,7-8,11-12,19-20,24H,3,6,9-10H2,1-2H3. The van der Waals surface area contributed by atoms with Gasteiger partial charge in [0.25, 0.3) is 0 Å². The molecule has 1 aromatic carbocycles. The third-order valence-corrected chi connectivity index (χ3v) is 3.91. The van der Waals surface area contributed by atoms with Crippen LogP contribution in [-0.4, -0.2) is 39.3 Å². The summed E-state index contributed by atoms with van der Waals surface area (Å²) < 4.78 is 1.81. The van der Waals surface area contributed by atoms with E-state index in [4.69, 9.17) is 0 Å². The van der Waals surface area contributed by atoms with Gasteiger partial charge in [-0.25, -0.2) is 4.98 Å². The van der Waals surface area contributed by atoms with Gasteiger partial charge in [-0.05, 0) is 38.6 Å². The minimum atomic E-state index is 0.226. The molecule has 0 spiro atoms. The number of para-hydroxylation sites is 1. The van der Waals surface area contributed by atoms with E-state index in [1.54, 1.807) is 18.3 Å². The molecule has 0 bridgehead atoms. The van der Waals surface area contributed by atoms with Crippen molar-refractivity contribution in [3.8, 4) is 17.0 Å². The van der Waals surface area contributed by atoms with Crippen LogP contribution < -0.4 is 10.6 Å². The van der Waals surface area contributed by atoms with Crippen molar-refractivity contribution in [3.05, 3.63) is 42.1 Å². The Labute approximate surface area is 141 Å². The van der Waals surface area contributed by atoms with E-state index in [1.807, 2.05) is 29.6 Å². The van der Waals surface area contributed by atoms with Gasteiger partial charge in [0.05, 0.1) is 11.9 Å². The summed E-state index contributed by atoms with van der Waals surface area (Å²) in [4.78, 5) is 4.67. The van der Waals surface area contributed by atoms with Crippen LogP contribution in [0, 0.1) is 6.92 Å². The van der Waals surface area contributed by atoms with Gasteiger partial charge in [-0.3, -0.25) is 0 Å². The Morgan fingerprint density at radius 2 is 2.04 bits per heavy atom. The Morgan fingerprint density at radius 1 is 1.21 bits per heavy atom. The smallest absolute Gasteiger partial charge is 0.160 e. The van der Waals surface area contributed by atoms with Gasteiger partial charge in [0.1, 0.15) is 11.6 Å². The Bertz CT molecular complexity index is 827. The summed E-state index contributed by atoms with van der Waals surface area (Å²) in [6.07, 6.45) is 2.82. The molecule has 6 nitrogen and oxygen atoms in total. The van der Waals surface area contributed by atoms with Crippen LogP contribution in [0.3, 0.4) is 0 Å². The zero-order chi connectivity index (χ0) is 16.9. The summed E-state index contributed by atoms with van der Waals surface area (Å²) in [5.74, 6) is 1.10. The fourth-order valence-electron chi connectivity index (χ4n) is 2.63. The molecule has 0 unspecified atom stereocenters. The average Bonchev–Trinajstić information content (AvgIpc) is 2.96. The van der Waals surface area contributed by atoms with E-state index in [2.05, 4.69) is 27.6 Å². The van der Waals surface area contributed by atoms with Gasteiger partial charge in [-0.2, -0.15) is 9.61 Å². The number of aromatic nitrogens is 3. The van der Waals surface area contributed by atoms with Crippen molar-refractivity contribution in [3.63, 3.8) is 0 Å². The molecular weight excluding hydrogens is 302 g/mol. The number of hydrogen-bond donors (Lipinski definition) is 3. The van der Waals surface area contributed by atoms with Gasteiger partial charge in [0, 0.05) is 23.7 Å². The van der Waals surface area contributed by atoms with Gasteiger partial charge < -0.3 is 15.7 Å². The maximum atomic E-state index is 10.1. The van der Waals surface area contributed by atoms with E-state index in [-0.39, 0.29) is 5.75 Å². The highest BCUT2D eigenvalue weighted by molar-refractivity contribution is 5.72. The molecule has 0 aliphatic carbocycles. The van der Waals surface area contributed by atoms with E-state index >= 15 is 0 Å². The van der Waals surface area contributed by atoms with E-state index in [0.717, 1.165) is 54.3 Å². The first-order valence-corrected chi connectivity index (χ1v) is 8.29. The lowest BCUT2D eigenvalue weighted by Gasteiger charge is -2.12. The lowest BCUT2D eigenvalue weighted by Crippen LogP contribution is -2.18. The van der Waals surface area contributed by atoms with Crippen molar-refractivity contribution >= 4 is 11.5 Å². The minimum absolute atomic E-state index is 0.226. The number of aryl methyl sites for hydroxylation is 1. The van der Waals surface area contributed by atoms with Gasteiger partial charge >= 0.3 is 0 Å². The molecule has 0 saturated carbocycles. The minimum Gasteiger partial charge on any atom is -0.507 e. The molecule has 24 heavy (non-hydrogen) atoms. The summed E-state index contributed by atoms with van der Waals surface area (Å²) >= 11 is 0. The van der Waals surface area contributed by atoms with Gasteiger partial charge in [-0.1, -0.05) is 19.1 Å². The highest BCUT2D eigenvalue weighted by Crippen LogP contribution is 2.29. The van der Waals surface area contributed by atoms with Crippen molar-refractivity contribution < 1.29 is 5.11 Å². The Balaban J connectivity index is 1.94. The van der Waals surface area contributed by atoms with Crippen LogP contribution in [0.15, 0.2) is 36.5 Å². The number of hydrogen-bond acceptors (Lipinski definition) is 5. The van der Waals surface area contributed by atoms with Crippen LogP contribution in [0.25, 0.3) is 16.9 Å². The van der Waals surface area contributed by atoms with Crippen molar-refractivity contribution in [2.75, 3.05) is 25.0 Å². The summed E-state index contributed by atoms with van der Waals surface area (Å²) in [5.41, 5.74) is 3.25. The molecule has 0 aliphatic rings. The van der Waals surface area contributed by atoms with E-state index in [1.165, 1.54) is 0 Å². The second-order valence-electron chi connectivity index (χ2n) is 5.74. The molecule has 2 heterocycles. The number of phenols is 1. The van der Waals surface area contributed by atoms with Gasteiger partial charge in [0.2, 0.25) is 0 Å². The molecular formula is C18H23N5O. The number of rotatable bonds is 7. The summed E-state index contributed by atoms with van der Waals surface area (Å²) in [6.45, 7) is 6.88. The predicted octanol–water partition coefficient (Wildman–Crippen LogP) is 2.82. The lowest BCUT2D eigenvalue weighted by atomic mass is 10.1. The van der Waals surface area contributed by atoms with Crippen LogP contribution >= 0.6 is 0 Å². The van der Waals surface area contributed by atoms with Crippen LogP contribution in [0.5, 0.6) is 5.75 Å². The zero-order valence-electron chi connectivity index (χ0n) is 14.1. The van der Waals surface area contributed by atoms with E-state index in [0.29, 0.717) is 0 Å². The third kappa shape index (κ3) is 3.33. The molecule has 0 saturated heterocycles. The highest BCUT2D eigenvalue weighted by atomic mass is 16.3. The Kier molecular flexibility index (Phi) is 4.96. The van der Waals surface area contributed by atoms with E-state index < -0.39 is 0 Å². The second kappa shape index (κ2) is 7.31. The first kappa shape index (κ1) is 16.3. The number of phenolic OH excluding ortho intramolecular Hbond substituents is 1. The normalized spacial score (nSPS) is 11.1. The molecule has 0 aliphatic heterocycles. The topological polar surface area (TPSA) is 74.5 Å². The molecule has 2 aromatic heterocycles. The molecule has 6 heteroatoms. The molecule has 0 radical (unpaired) electrons. The van der Waals surface area contributed by atoms with Crippen LogP contribution in [0.4, 0.5) is 5.82 Å². The number of aromatic hydroxyl groups is 1. The first-order valence-electron chi connectivity index (χ1n) is 8.29. The SMILES string of the molecule is CCNCCCNc1cc(-c2ccccc2O)nc2c(C)cnn12. The molecule has 0 atom stereocenters. The maximum absolute atomic E-state index is 10.1. The first-order chi connectivity index (χ1) is 11.7. The molecule has 0 amide bonds. The molecule has 3 aromatic rings. The van der Waals surface area contributed by atoms with Crippen molar-refractivity contribution in [2.45, 2.75) is 20.3 Å². The maximum Gasteiger partial charge on any atom is 0.160 e. The van der Waals surface area contributed by atoms with Crippen LogP contribution in [0.2, 0.25) is 0 Å². The largest absolute Gasteiger partial charge is 0.507 e. The number of nitrogens with zero attached hydrogens (tertiary/aromatic N) is 3. The Morgan fingerprint density at radius 3 is 2.83 bits per heavy atom. The fourth-order valence-corrected chi connectivity index (χ4v) is 2.63. The molecule has 0 fully saturated rings. The van der Waals surface area contributed by atoms with Gasteiger partial charge in [0.15, 0.2) is 5.65 Å². The van der Waals surface area contributed by atoms with Crippen molar-refractivity contribution in [1.82, 2.24) is 19.9 Å². The summed E-state index contributed by atoms with van der Waals surface area (Å²) in [7, 11) is 0. The quantitative estimate of drug-likeness (QED) is 0.583. The number of anilines is 1. The number of nitrogens with one attached hydrogen (secondary N) is 2. The van der Waals surface area contributed by atoms with Crippen molar-refractivity contribution in [1.29, 1.82) is 0 Å². The molecule has 3 N–H and O–H groups in total. The average molecular weight is 325 g/mol. The highest BCUT2D eigenvalue weighted by Gasteiger charge is 2.12. The van der Waals surface area contributed by atoms with E-state index in [9.17, 15) is 5.11 Å². The monoisotopic (exact) mass is 325 g/mol. The third-order valence-electron chi connectivity index (χ3n) is 3.91. The second-order valence-corrected chi connectivity index (χ2v) is 5.74. The molecule has 126 valence electrons. The van der Waals surface area contributed by atoms with Crippen molar-refractivity contribution in [2.24, 2.45) is 0 Å². The summed E-state index contributed by atoms with van der Waals surface area (Å²) in [6, 6.07) is 9.18. The molecule has 3 rings (SSSR count).